The van der Waals surface area contributed by atoms with Crippen molar-refractivity contribution in [1.82, 2.24) is 30.8 Å². The largest absolute Gasteiger partial charge is 0.450 e. The van der Waals surface area contributed by atoms with E-state index < -0.39 is 0 Å². The number of piperidine rings is 1. The van der Waals surface area contributed by atoms with E-state index in [9.17, 15) is 9.59 Å². The van der Waals surface area contributed by atoms with Gasteiger partial charge in [0.2, 0.25) is 5.91 Å². The van der Waals surface area contributed by atoms with E-state index in [2.05, 4.69) is 25.9 Å². The molecule has 0 unspecified atom stereocenters. The number of hydrogen-bond acceptors (Lipinski definition) is 6. The molecule has 0 saturated carbocycles. The summed E-state index contributed by atoms with van der Waals surface area (Å²) in [4.78, 5) is 24.9. The molecule has 1 saturated heterocycles. The van der Waals surface area contributed by atoms with Crippen LogP contribution in [0.4, 0.5) is 4.79 Å². The lowest BCUT2D eigenvalue weighted by Gasteiger charge is -2.31. The number of tetrazole rings is 1. The number of rotatable bonds is 4. The van der Waals surface area contributed by atoms with Crippen molar-refractivity contribution in [3.63, 3.8) is 0 Å². The maximum Gasteiger partial charge on any atom is 0.409 e. The normalized spacial score (nSPS) is 15.9. The predicted molar refractivity (Wildman–Crippen MR) is 67.6 cm³/mol. The highest BCUT2D eigenvalue weighted by atomic mass is 16.6. The number of nitrogens with zero attached hydrogens (tertiary/aromatic N) is 4. The van der Waals surface area contributed by atoms with Crippen molar-refractivity contribution in [1.29, 1.82) is 0 Å². The molecule has 9 nitrogen and oxygen atoms in total. The summed E-state index contributed by atoms with van der Waals surface area (Å²) in [5.74, 6) is 0.229. The zero-order valence-corrected chi connectivity index (χ0v) is 11.3. The van der Waals surface area contributed by atoms with Gasteiger partial charge in [0, 0.05) is 19.1 Å². The topological polar surface area (TPSA) is 113 Å². The van der Waals surface area contributed by atoms with Gasteiger partial charge in [0.15, 0.2) is 5.82 Å². The van der Waals surface area contributed by atoms with Gasteiger partial charge in [-0.2, -0.15) is 5.21 Å². The number of hydrogen-bond donors (Lipinski definition) is 2. The minimum absolute atomic E-state index is 0.0695. The summed E-state index contributed by atoms with van der Waals surface area (Å²) in [6.07, 6.45) is 1.26. The van der Waals surface area contributed by atoms with Gasteiger partial charge in [0.05, 0.1) is 13.0 Å². The molecule has 9 heteroatoms. The zero-order valence-electron chi connectivity index (χ0n) is 11.3. The number of nitrogens with one attached hydrogen (secondary N) is 2. The highest BCUT2D eigenvalue weighted by molar-refractivity contribution is 5.78. The van der Waals surface area contributed by atoms with Crippen LogP contribution in [0, 0.1) is 0 Å². The molecule has 20 heavy (non-hydrogen) atoms. The molecule has 0 bridgehead atoms. The lowest BCUT2D eigenvalue weighted by atomic mass is 10.1. The molecule has 0 radical (unpaired) electrons. The predicted octanol–water partition coefficient (Wildman–Crippen LogP) is -0.521. The van der Waals surface area contributed by atoms with Gasteiger partial charge in [0.25, 0.3) is 0 Å². The van der Waals surface area contributed by atoms with Gasteiger partial charge < -0.3 is 15.0 Å². The lowest BCUT2D eigenvalue weighted by molar-refractivity contribution is -0.121. The van der Waals surface area contributed by atoms with E-state index in [0.717, 1.165) is 12.8 Å². The van der Waals surface area contributed by atoms with Crippen LogP contribution in [-0.2, 0) is 16.0 Å². The van der Waals surface area contributed by atoms with Crippen LogP contribution in [0.25, 0.3) is 0 Å². The van der Waals surface area contributed by atoms with Gasteiger partial charge in [-0.05, 0) is 19.8 Å². The second kappa shape index (κ2) is 6.83. The van der Waals surface area contributed by atoms with Gasteiger partial charge in [-0.1, -0.05) is 5.21 Å². The van der Waals surface area contributed by atoms with Crippen molar-refractivity contribution >= 4 is 12.0 Å². The first kappa shape index (κ1) is 14.2. The Morgan fingerprint density at radius 3 is 2.80 bits per heavy atom. The summed E-state index contributed by atoms with van der Waals surface area (Å²) < 4.78 is 4.94. The van der Waals surface area contributed by atoms with Crippen LogP contribution in [0.1, 0.15) is 25.6 Å². The third-order valence-electron chi connectivity index (χ3n) is 3.09. The number of aromatic amines is 1. The first-order valence-electron chi connectivity index (χ1n) is 6.62. The van der Waals surface area contributed by atoms with E-state index in [-0.39, 0.29) is 24.5 Å². The van der Waals surface area contributed by atoms with E-state index in [1.165, 1.54) is 0 Å². The van der Waals surface area contributed by atoms with Gasteiger partial charge in [-0.15, -0.1) is 10.2 Å². The Morgan fingerprint density at radius 2 is 2.20 bits per heavy atom. The highest BCUT2D eigenvalue weighted by Gasteiger charge is 2.24. The average Bonchev–Trinajstić information content (AvgIpc) is 2.92. The minimum atomic E-state index is -0.288. The number of H-pyrrole nitrogens is 1. The Bertz CT molecular complexity index is 441. The molecule has 110 valence electrons. The van der Waals surface area contributed by atoms with Gasteiger partial charge in [-0.3, -0.25) is 4.79 Å². The number of aromatic nitrogens is 4. The van der Waals surface area contributed by atoms with Gasteiger partial charge in [-0.25, -0.2) is 4.79 Å². The molecule has 0 aromatic carbocycles. The molecule has 1 aromatic rings. The summed E-state index contributed by atoms with van der Waals surface area (Å²) in [6, 6.07) is 0.0695. The van der Waals surface area contributed by atoms with E-state index in [1.54, 1.807) is 11.8 Å². The molecule has 1 fully saturated rings. The fraction of sp³-hybridized carbons (Fsp3) is 0.727. The maximum absolute atomic E-state index is 11.8. The number of ether oxygens (including phenoxy) is 1. The van der Waals surface area contributed by atoms with E-state index in [4.69, 9.17) is 4.74 Å². The van der Waals surface area contributed by atoms with E-state index in [1.807, 2.05) is 0 Å². The number of amides is 2. The monoisotopic (exact) mass is 282 g/mol. The summed E-state index contributed by atoms with van der Waals surface area (Å²) in [7, 11) is 0. The molecule has 1 aliphatic heterocycles. The fourth-order valence-corrected chi connectivity index (χ4v) is 2.10. The summed E-state index contributed by atoms with van der Waals surface area (Å²) in [5, 5.41) is 16.1. The Kier molecular flexibility index (Phi) is 4.85. The number of carbonyl (C=O) groups is 2. The SMILES string of the molecule is CCOC(=O)N1CCC(NC(=O)Cc2nn[nH]n2)CC1. The quantitative estimate of drug-likeness (QED) is 0.768. The number of likely N-dealkylation sites (tertiary alicyclic amines) is 1. The van der Waals surface area contributed by atoms with Crippen molar-refractivity contribution in [2.24, 2.45) is 0 Å². The molecule has 1 aliphatic rings. The zero-order chi connectivity index (χ0) is 14.4. The molecule has 2 rings (SSSR count). The van der Waals surface area contributed by atoms with Crippen LogP contribution >= 0.6 is 0 Å². The summed E-state index contributed by atoms with van der Waals surface area (Å²) >= 11 is 0. The van der Waals surface area contributed by atoms with Crippen molar-refractivity contribution in [2.75, 3.05) is 19.7 Å². The van der Waals surface area contributed by atoms with Crippen molar-refractivity contribution < 1.29 is 14.3 Å². The molecular formula is C11H18N6O3. The second-order valence-corrected chi connectivity index (χ2v) is 4.53. The fourth-order valence-electron chi connectivity index (χ4n) is 2.10. The van der Waals surface area contributed by atoms with Crippen LogP contribution in [0.2, 0.25) is 0 Å². The van der Waals surface area contributed by atoms with Gasteiger partial charge >= 0.3 is 6.09 Å². The Balaban J connectivity index is 1.71. The van der Waals surface area contributed by atoms with Crippen LogP contribution in [0.5, 0.6) is 0 Å². The maximum atomic E-state index is 11.8. The molecular weight excluding hydrogens is 264 g/mol. The molecule has 2 amide bonds. The molecule has 2 N–H and O–H groups in total. The first-order chi connectivity index (χ1) is 9.69. The average molecular weight is 282 g/mol. The highest BCUT2D eigenvalue weighted by Crippen LogP contribution is 2.11. The molecule has 0 spiro atoms. The number of carbonyl (C=O) groups excluding carboxylic acids is 2. The summed E-state index contributed by atoms with van der Waals surface area (Å²) in [6.45, 7) is 3.33. The Morgan fingerprint density at radius 1 is 1.45 bits per heavy atom. The van der Waals surface area contributed by atoms with Crippen LogP contribution in [0.15, 0.2) is 0 Å². The standard InChI is InChI=1S/C11H18N6O3/c1-2-20-11(19)17-5-3-8(4-6-17)12-10(18)7-9-13-15-16-14-9/h8H,2-7H2,1H3,(H,12,18)(H,13,14,15,16). The van der Waals surface area contributed by atoms with E-state index >= 15 is 0 Å². The van der Waals surface area contributed by atoms with Crippen LogP contribution in [-0.4, -0.2) is 63.3 Å². The lowest BCUT2D eigenvalue weighted by Crippen LogP contribution is -2.47. The third-order valence-corrected chi connectivity index (χ3v) is 3.09. The molecule has 0 atom stereocenters. The third kappa shape index (κ3) is 3.90. The minimum Gasteiger partial charge on any atom is -0.450 e. The smallest absolute Gasteiger partial charge is 0.409 e. The van der Waals surface area contributed by atoms with Crippen molar-refractivity contribution in [3.8, 4) is 0 Å². The molecule has 2 heterocycles. The van der Waals surface area contributed by atoms with Gasteiger partial charge in [0.1, 0.15) is 0 Å². The first-order valence-corrected chi connectivity index (χ1v) is 6.62. The molecule has 0 aliphatic carbocycles. The van der Waals surface area contributed by atoms with E-state index in [0.29, 0.717) is 25.5 Å². The van der Waals surface area contributed by atoms with Crippen molar-refractivity contribution in [2.45, 2.75) is 32.2 Å². The van der Waals surface area contributed by atoms with Crippen LogP contribution < -0.4 is 5.32 Å². The van der Waals surface area contributed by atoms with Crippen LogP contribution in [0.3, 0.4) is 0 Å². The summed E-state index contributed by atoms with van der Waals surface area (Å²) in [5.41, 5.74) is 0. The molecule has 1 aromatic heterocycles. The Labute approximate surface area is 116 Å². The Hall–Kier alpha value is -2.19. The second-order valence-electron chi connectivity index (χ2n) is 4.53. The van der Waals surface area contributed by atoms with Crippen molar-refractivity contribution in [3.05, 3.63) is 5.82 Å².